The summed E-state index contributed by atoms with van der Waals surface area (Å²) in [6.07, 6.45) is 1.59. The van der Waals surface area contributed by atoms with Gasteiger partial charge in [0, 0.05) is 5.56 Å². The van der Waals surface area contributed by atoms with E-state index in [1.165, 1.54) is 17.4 Å². The van der Waals surface area contributed by atoms with E-state index in [1.54, 1.807) is 28.7 Å². The van der Waals surface area contributed by atoms with Gasteiger partial charge in [-0.15, -0.1) is 0 Å². The molecule has 0 amide bonds. The second kappa shape index (κ2) is 4.99. The molecule has 2 aromatic carbocycles. The molecule has 2 heterocycles. The molecule has 2 aromatic heterocycles. The summed E-state index contributed by atoms with van der Waals surface area (Å²) in [5, 5.41) is 0. The molecular formula is C18H13FN2OS. The first-order chi connectivity index (χ1) is 11.1. The van der Waals surface area contributed by atoms with Crippen LogP contribution in [-0.2, 0) is 0 Å². The molecule has 0 saturated heterocycles. The van der Waals surface area contributed by atoms with Crippen LogP contribution >= 0.6 is 11.3 Å². The fourth-order valence-electron chi connectivity index (χ4n) is 2.70. The van der Waals surface area contributed by atoms with Crippen molar-refractivity contribution in [2.45, 2.75) is 13.8 Å². The molecule has 114 valence electrons. The Labute approximate surface area is 135 Å². The highest BCUT2D eigenvalue weighted by molar-refractivity contribution is 7.15. The van der Waals surface area contributed by atoms with Crippen molar-refractivity contribution in [1.29, 1.82) is 0 Å². The molecule has 0 N–H and O–H groups in total. The predicted octanol–water partition coefficient (Wildman–Crippen LogP) is 3.21. The van der Waals surface area contributed by atoms with Gasteiger partial charge in [0.25, 0.3) is 5.56 Å². The summed E-state index contributed by atoms with van der Waals surface area (Å²) < 4.78 is 15.9. The van der Waals surface area contributed by atoms with Crippen LogP contribution in [0.25, 0.3) is 22.1 Å². The molecule has 23 heavy (non-hydrogen) atoms. The summed E-state index contributed by atoms with van der Waals surface area (Å²) in [6, 6.07) is 10.3. The van der Waals surface area contributed by atoms with Gasteiger partial charge >= 0.3 is 0 Å². The zero-order chi connectivity index (χ0) is 16.1. The van der Waals surface area contributed by atoms with Crippen LogP contribution in [0.15, 0.2) is 41.2 Å². The predicted molar refractivity (Wildman–Crippen MR) is 91.5 cm³/mol. The molecule has 0 aliphatic heterocycles. The molecule has 0 fully saturated rings. The summed E-state index contributed by atoms with van der Waals surface area (Å²) in [5.74, 6) is -0.339. The Morgan fingerprint density at radius 2 is 1.96 bits per heavy atom. The number of hydrogen-bond donors (Lipinski definition) is 0. The number of thiazole rings is 1. The fraction of sp³-hybridized carbons (Fsp3) is 0.111. The molecule has 4 rings (SSSR count). The van der Waals surface area contributed by atoms with E-state index in [0.717, 1.165) is 22.2 Å². The lowest BCUT2D eigenvalue weighted by Crippen LogP contribution is -2.22. The molecule has 0 unspecified atom stereocenters. The third-order valence-corrected chi connectivity index (χ3v) is 5.10. The van der Waals surface area contributed by atoms with Crippen LogP contribution in [0.3, 0.4) is 0 Å². The molecule has 5 heteroatoms. The maximum atomic E-state index is 13.8. The minimum atomic E-state index is -0.339. The molecule has 0 aliphatic carbocycles. The highest BCUT2D eigenvalue weighted by atomic mass is 32.1. The van der Waals surface area contributed by atoms with Gasteiger partial charge in [0.05, 0.1) is 15.6 Å². The van der Waals surface area contributed by atoms with Crippen molar-refractivity contribution in [2.24, 2.45) is 0 Å². The third-order valence-electron chi connectivity index (χ3n) is 4.13. The molecular weight excluding hydrogens is 311 g/mol. The molecule has 0 atom stereocenters. The van der Waals surface area contributed by atoms with Crippen molar-refractivity contribution in [1.82, 2.24) is 9.38 Å². The van der Waals surface area contributed by atoms with Gasteiger partial charge in [0.2, 0.25) is 0 Å². The second-order valence-corrected chi connectivity index (χ2v) is 6.55. The van der Waals surface area contributed by atoms with Gasteiger partial charge in [-0.2, -0.15) is 0 Å². The smallest absolute Gasteiger partial charge is 0.267 e. The summed E-state index contributed by atoms with van der Waals surface area (Å²) in [4.78, 5) is 17.9. The monoisotopic (exact) mass is 324 g/mol. The first-order valence-corrected chi connectivity index (χ1v) is 8.05. The largest absolute Gasteiger partial charge is 0.274 e. The Hall–Kier alpha value is -2.53. The van der Waals surface area contributed by atoms with Crippen LogP contribution in [0.5, 0.6) is 0 Å². The Kier molecular flexibility index (Phi) is 3.06. The van der Waals surface area contributed by atoms with Crippen LogP contribution in [0.1, 0.15) is 16.7 Å². The van der Waals surface area contributed by atoms with Crippen molar-refractivity contribution >= 4 is 33.4 Å². The fourth-order valence-corrected chi connectivity index (χ4v) is 3.67. The van der Waals surface area contributed by atoms with Crippen LogP contribution in [0.2, 0.25) is 0 Å². The first kappa shape index (κ1) is 14.1. The highest BCUT2D eigenvalue weighted by Gasteiger charge is 2.13. The van der Waals surface area contributed by atoms with Crippen molar-refractivity contribution < 1.29 is 4.39 Å². The van der Waals surface area contributed by atoms with Gasteiger partial charge in [-0.05, 0) is 43.2 Å². The van der Waals surface area contributed by atoms with Crippen LogP contribution in [0.4, 0.5) is 4.39 Å². The quantitative estimate of drug-likeness (QED) is 0.539. The summed E-state index contributed by atoms with van der Waals surface area (Å²) in [6.45, 7) is 4.03. The van der Waals surface area contributed by atoms with E-state index in [-0.39, 0.29) is 11.4 Å². The van der Waals surface area contributed by atoms with Gasteiger partial charge in [-0.1, -0.05) is 35.6 Å². The lowest BCUT2D eigenvalue weighted by Gasteiger charge is -1.99. The van der Waals surface area contributed by atoms with Gasteiger partial charge in [0.15, 0.2) is 4.96 Å². The standard InChI is InChI=1S/C18H13FN2OS/c1-10-7-8-14-16(11(10)2)20-18-21(14)17(22)15(23-18)9-12-5-3-4-6-13(12)19/h3-9H,1-2H3/b15-9-. The zero-order valence-electron chi connectivity index (χ0n) is 12.6. The molecule has 0 radical (unpaired) electrons. The van der Waals surface area contributed by atoms with Gasteiger partial charge in [0.1, 0.15) is 5.82 Å². The average molecular weight is 324 g/mol. The molecule has 0 saturated carbocycles. The zero-order valence-corrected chi connectivity index (χ0v) is 13.4. The van der Waals surface area contributed by atoms with E-state index in [9.17, 15) is 9.18 Å². The molecule has 0 spiro atoms. The lowest BCUT2D eigenvalue weighted by atomic mass is 10.1. The van der Waals surface area contributed by atoms with E-state index >= 15 is 0 Å². The van der Waals surface area contributed by atoms with Gasteiger partial charge in [-0.25, -0.2) is 13.8 Å². The van der Waals surface area contributed by atoms with E-state index in [4.69, 9.17) is 0 Å². The number of aromatic nitrogens is 2. The number of halogens is 1. The van der Waals surface area contributed by atoms with Crippen LogP contribution in [-0.4, -0.2) is 9.38 Å². The highest BCUT2D eigenvalue weighted by Crippen LogP contribution is 2.22. The third kappa shape index (κ3) is 2.08. The number of fused-ring (bicyclic) bond motifs is 3. The molecule has 3 nitrogen and oxygen atoms in total. The first-order valence-electron chi connectivity index (χ1n) is 7.23. The minimum Gasteiger partial charge on any atom is -0.267 e. The van der Waals surface area contributed by atoms with E-state index in [1.807, 2.05) is 26.0 Å². The van der Waals surface area contributed by atoms with Crippen molar-refractivity contribution in [3.8, 4) is 0 Å². The van der Waals surface area contributed by atoms with Gasteiger partial charge in [-0.3, -0.25) is 4.79 Å². The summed E-state index contributed by atoms with van der Waals surface area (Å²) in [7, 11) is 0. The number of nitrogens with zero attached hydrogens (tertiary/aromatic N) is 2. The van der Waals surface area contributed by atoms with Gasteiger partial charge < -0.3 is 0 Å². The normalized spacial score (nSPS) is 12.6. The van der Waals surface area contributed by atoms with E-state index in [0.29, 0.717) is 15.1 Å². The van der Waals surface area contributed by atoms with E-state index in [2.05, 4.69) is 4.98 Å². The van der Waals surface area contributed by atoms with Crippen LogP contribution in [0, 0.1) is 19.7 Å². The SMILES string of the molecule is Cc1ccc2c(nc3s/c(=C\c4ccccc4F)c(=O)n32)c1C. The summed E-state index contributed by atoms with van der Waals surface area (Å²) in [5.41, 5.74) is 4.14. The topological polar surface area (TPSA) is 34.4 Å². The Morgan fingerprint density at radius 3 is 2.74 bits per heavy atom. The maximum absolute atomic E-state index is 13.8. The Bertz CT molecular complexity index is 1170. The number of imidazole rings is 1. The van der Waals surface area contributed by atoms with Crippen molar-refractivity contribution in [2.75, 3.05) is 0 Å². The number of aryl methyl sites for hydroxylation is 2. The Morgan fingerprint density at radius 1 is 1.17 bits per heavy atom. The average Bonchev–Trinajstić information content (AvgIpc) is 3.04. The maximum Gasteiger partial charge on any atom is 0.274 e. The molecule has 4 aromatic rings. The minimum absolute atomic E-state index is 0.154. The number of hydrogen-bond acceptors (Lipinski definition) is 3. The molecule has 0 aliphatic rings. The number of rotatable bonds is 1. The Balaban J connectivity index is 2.05. The number of benzene rings is 2. The van der Waals surface area contributed by atoms with Crippen LogP contribution < -0.4 is 10.1 Å². The van der Waals surface area contributed by atoms with Crippen molar-refractivity contribution in [3.63, 3.8) is 0 Å². The lowest BCUT2D eigenvalue weighted by molar-refractivity contribution is 0.625. The van der Waals surface area contributed by atoms with Crippen molar-refractivity contribution in [3.05, 3.63) is 73.8 Å². The van der Waals surface area contributed by atoms with E-state index < -0.39 is 0 Å². The summed E-state index contributed by atoms with van der Waals surface area (Å²) >= 11 is 1.28. The second-order valence-electron chi connectivity index (χ2n) is 5.54. The molecule has 0 bridgehead atoms.